The van der Waals surface area contributed by atoms with E-state index in [1.807, 2.05) is 0 Å². The molecule has 30 heavy (non-hydrogen) atoms. The topological polar surface area (TPSA) is 79.4 Å². The number of hydrogen-bond donors (Lipinski definition) is 1. The van der Waals surface area contributed by atoms with Crippen LogP contribution in [0.15, 0.2) is 58.8 Å². The van der Waals surface area contributed by atoms with Gasteiger partial charge in [0.15, 0.2) is 0 Å². The van der Waals surface area contributed by atoms with Gasteiger partial charge in [0.2, 0.25) is 15.9 Å². The van der Waals surface area contributed by atoms with Crippen molar-refractivity contribution < 1.29 is 17.6 Å². The van der Waals surface area contributed by atoms with Crippen LogP contribution < -0.4 is 5.32 Å². The minimum absolute atomic E-state index is 0.0888. The molecule has 1 aromatic heterocycles. The third kappa shape index (κ3) is 4.58. The molecule has 0 unspecified atom stereocenters. The number of hydrogen-bond acceptors (Lipinski definition) is 5. The molecule has 9 heteroatoms. The van der Waals surface area contributed by atoms with Crippen molar-refractivity contribution in [2.45, 2.75) is 24.2 Å². The van der Waals surface area contributed by atoms with Crippen molar-refractivity contribution in [3.05, 3.63) is 65.4 Å². The van der Waals surface area contributed by atoms with Crippen LogP contribution in [0.5, 0.6) is 0 Å². The van der Waals surface area contributed by atoms with Crippen molar-refractivity contribution in [3.8, 4) is 10.6 Å². The number of aromatic nitrogens is 1. The maximum Gasteiger partial charge on any atom is 0.243 e. The number of thiazole rings is 1. The third-order valence-corrected chi connectivity index (χ3v) is 7.68. The minimum atomic E-state index is -3.47. The van der Waals surface area contributed by atoms with E-state index in [-0.39, 0.29) is 23.0 Å². The molecule has 0 aliphatic carbocycles. The Kier molecular flexibility index (Phi) is 5.94. The van der Waals surface area contributed by atoms with Crippen LogP contribution in [0, 0.1) is 5.82 Å². The van der Waals surface area contributed by atoms with E-state index in [4.69, 9.17) is 0 Å². The maximum absolute atomic E-state index is 13.0. The summed E-state index contributed by atoms with van der Waals surface area (Å²) >= 11 is 1.39. The van der Waals surface area contributed by atoms with Gasteiger partial charge in [0.25, 0.3) is 0 Å². The van der Waals surface area contributed by atoms with Gasteiger partial charge in [-0.2, -0.15) is 4.31 Å². The molecular formula is C21H20FN3O3S2. The number of benzene rings is 2. The number of halogens is 1. The van der Waals surface area contributed by atoms with Gasteiger partial charge in [0.05, 0.1) is 17.0 Å². The van der Waals surface area contributed by atoms with Crippen molar-refractivity contribution in [3.63, 3.8) is 0 Å². The Morgan fingerprint density at radius 1 is 1.07 bits per heavy atom. The lowest BCUT2D eigenvalue weighted by Crippen LogP contribution is -2.27. The number of nitrogens with zero attached hydrogens (tertiary/aromatic N) is 2. The highest BCUT2D eigenvalue weighted by atomic mass is 32.2. The van der Waals surface area contributed by atoms with Crippen LogP contribution in [-0.4, -0.2) is 36.7 Å². The zero-order valence-electron chi connectivity index (χ0n) is 16.0. The van der Waals surface area contributed by atoms with Gasteiger partial charge < -0.3 is 5.32 Å². The monoisotopic (exact) mass is 445 g/mol. The van der Waals surface area contributed by atoms with Crippen LogP contribution in [0.3, 0.4) is 0 Å². The van der Waals surface area contributed by atoms with E-state index < -0.39 is 10.0 Å². The molecule has 2 heterocycles. The van der Waals surface area contributed by atoms with E-state index in [0.717, 1.165) is 18.4 Å². The SMILES string of the molecule is O=C(Cc1csc(-c2ccc(F)cc2)n1)Nc1ccc(S(=O)(=O)N2CCCC2)cc1. The molecule has 0 saturated carbocycles. The summed E-state index contributed by atoms with van der Waals surface area (Å²) < 4.78 is 39.7. The molecule has 0 bridgehead atoms. The number of sulfonamides is 1. The maximum atomic E-state index is 13.0. The molecule has 1 fully saturated rings. The highest BCUT2D eigenvalue weighted by Crippen LogP contribution is 2.25. The van der Waals surface area contributed by atoms with Crippen molar-refractivity contribution >= 4 is 33.0 Å². The number of carbonyl (C=O) groups excluding carboxylic acids is 1. The molecule has 0 atom stereocenters. The van der Waals surface area contributed by atoms with E-state index in [0.29, 0.717) is 29.5 Å². The summed E-state index contributed by atoms with van der Waals surface area (Å²) in [6, 6.07) is 12.2. The van der Waals surface area contributed by atoms with Crippen molar-refractivity contribution in [1.29, 1.82) is 0 Å². The van der Waals surface area contributed by atoms with Crippen molar-refractivity contribution in [1.82, 2.24) is 9.29 Å². The van der Waals surface area contributed by atoms with Crippen LogP contribution in [0.25, 0.3) is 10.6 Å². The molecule has 6 nitrogen and oxygen atoms in total. The fraction of sp³-hybridized carbons (Fsp3) is 0.238. The molecule has 156 valence electrons. The standard InChI is InChI=1S/C21H20FN3O3S2/c22-16-5-3-15(4-6-16)21-24-18(14-29-21)13-20(26)23-17-7-9-19(10-8-17)30(27,28)25-11-1-2-12-25/h3-10,14H,1-2,11-13H2,(H,23,26). The summed E-state index contributed by atoms with van der Waals surface area (Å²) in [4.78, 5) is 17.0. The molecule has 1 saturated heterocycles. The highest BCUT2D eigenvalue weighted by Gasteiger charge is 2.26. The van der Waals surface area contributed by atoms with E-state index in [1.165, 1.54) is 39.9 Å². The summed E-state index contributed by atoms with van der Waals surface area (Å²) in [6.45, 7) is 1.10. The average Bonchev–Trinajstić information content (AvgIpc) is 3.41. The lowest BCUT2D eigenvalue weighted by atomic mass is 10.2. The largest absolute Gasteiger partial charge is 0.326 e. The Bertz CT molecular complexity index is 1140. The lowest BCUT2D eigenvalue weighted by Gasteiger charge is -2.15. The summed E-state index contributed by atoms with van der Waals surface area (Å²) in [5.74, 6) is -0.560. The van der Waals surface area contributed by atoms with Gasteiger partial charge in [0.1, 0.15) is 10.8 Å². The second-order valence-corrected chi connectivity index (χ2v) is 9.81. The van der Waals surface area contributed by atoms with Crippen LogP contribution in [0.4, 0.5) is 10.1 Å². The Morgan fingerprint density at radius 3 is 2.40 bits per heavy atom. The quantitative estimate of drug-likeness (QED) is 0.624. The van der Waals surface area contributed by atoms with E-state index in [2.05, 4.69) is 10.3 Å². The van der Waals surface area contributed by atoms with Crippen LogP contribution >= 0.6 is 11.3 Å². The Balaban J connectivity index is 1.38. The lowest BCUT2D eigenvalue weighted by molar-refractivity contribution is -0.115. The van der Waals surface area contributed by atoms with Crippen molar-refractivity contribution in [2.75, 3.05) is 18.4 Å². The van der Waals surface area contributed by atoms with Crippen LogP contribution in [-0.2, 0) is 21.2 Å². The van der Waals surface area contributed by atoms with Gasteiger partial charge in [0, 0.05) is 29.7 Å². The molecule has 1 aliphatic heterocycles. The van der Waals surface area contributed by atoms with Crippen molar-refractivity contribution in [2.24, 2.45) is 0 Å². The predicted molar refractivity (Wildman–Crippen MR) is 114 cm³/mol. The van der Waals surface area contributed by atoms with E-state index >= 15 is 0 Å². The number of carbonyl (C=O) groups is 1. The first-order valence-electron chi connectivity index (χ1n) is 9.52. The number of nitrogens with one attached hydrogen (secondary N) is 1. The first-order chi connectivity index (χ1) is 14.4. The van der Waals surface area contributed by atoms with E-state index in [9.17, 15) is 17.6 Å². The first-order valence-corrected chi connectivity index (χ1v) is 11.8. The fourth-order valence-electron chi connectivity index (χ4n) is 3.27. The van der Waals surface area contributed by atoms with Crippen LogP contribution in [0.1, 0.15) is 18.5 Å². The number of anilines is 1. The zero-order valence-corrected chi connectivity index (χ0v) is 17.7. The number of rotatable bonds is 6. The molecule has 0 radical (unpaired) electrons. The van der Waals surface area contributed by atoms with Gasteiger partial charge in [-0.1, -0.05) is 0 Å². The number of amides is 1. The summed E-state index contributed by atoms with van der Waals surface area (Å²) in [5, 5.41) is 5.28. The third-order valence-electron chi connectivity index (χ3n) is 4.83. The first kappa shape index (κ1) is 20.6. The molecule has 1 N–H and O–H groups in total. The normalized spacial score (nSPS) is 14.7. The molecule has 1 aliphatic rings. The van der Waals surface area contributed by atoms with E-state index in [1.54, 1.807) is 29.6 Å². The molecule has 1 amide bonds. The molecule has 0 spiro atoms. The molecule has 2 aromatic carbocycles. The predicted octanol–water partition coefficient (Wildman–Crippen LogP) is 3.91. The smallest absolute Gasteiger partial charge is 0.243 e. The molecule has 3 aromatic rings. The van der Waals surface area contributed by atoms with Gasteiger partial charge in [-0.05, 0) is 61.4 Å². The summed E-state index contributed by atoms with van der Waals surface area (Å²) in [7, 11) is -3.47. The Morgan fingerprint density at radius 2 is 1.73 bits per heavy atom. The Labute approximate surface area is 178 Å². The van der Waals surface area contributed by atoms with Gasteiger partial charge in [-0.25, -0.2) is 17.8 Å². The Hall–Kier alpha value is -2.62. The second kappa shape index (κ2) is 8.63. The molecular weight excluding hydrogens is 425 g/mol. The second-order valence-electron chi connectivity index (χ2n) is 7.01. The summed E-state index contributed by atoms with van der Waals surface area (Å²) in [5.41, 5.74) is 1.93. The fourth-order valence-corrected chi connectivity index (χ4v) is 5.61. The van der Waals surface area contributed by atoms with Gasteiger partial charge >= 0.3 is 0 Å². The average molecular weight is 446 g/mol. The minimum Gasteiger partial charge on any atom is -0.326 e. The van der Waals surface area contributed by atoms with Crippen LogP contribution in [0.2, 0.25) is 0 Å². The summed E-state index contributed by atoms with van der Waals surface area (Å²) in [6.07, 6.45) is 1.85. The zero-order chi connectivity index (χ0) is 21.1. The van der Waals surface area contributed by atoms with Gasteiger partial charge in [-0.15, -0.1) is 11.3 Å². The van der Waals surface area contributed by atoms with Gasteiger partial charge in [-0.3, -0.25) is 4.79 Å². The molecule has 4 rings (SSSR count). The highest BCUT2D eigenvalue weighted by molar-refractivity contribution is 7.89.